The minimum atomic E-state index is -2.15. The number of amides is 1. The highest BCUT2D eigenvalue weighted by Crippen LogP contribution is 2.40. The van der Waals surface area contributed by atoms with Gasteiger partial charge in [0.15, 0.2) is 11.4 Å². The van der Waals surface area contributed by atoms with Crippen molar-refractivity contribution in [3.8, 4) is 11.5 Å². The van der Waals surface area contributed by atoms with Crippen molar-refractivity contribution in [3.63, 3.8) is 0 Å². The molecule has 0 aliphatic carbocycles. The fourth-order valence-corrected chi connectivity index (χ4v) is 2.85. The molecule has 2 aromatic rings. The van der Waals surface area contributed by atoms with Crippen molar-refractivity contribution >= 4 is 17.4 Å². The molecule has 0 radical (unpaired) electrons. The number of anilines is 1. The Morgan fingerprint density at radius 1 is 1.20 bits per heavy atom. The number of carbonyl (C=O) groups excluding carboxylic acids is 2. The van der Waals surface area contributed by atoms with Gasteiger partial charge >= 0.3 is 0 Å². The molecule has 6 nitrogen and oxygen atoms in total. The molecule has 0 unspecified atom stereocenters. The highest BCUT2D eigenvalue weighted by Gasteiger charge is 2.47. The molecular weight excluding hydrogens is 329 g/mol. The fraction of sp³-hybridized carbons (Fsp3) is 0.222. The van der Waals surface area contributed by atoms with E-state index in [1.165, 1.54) is 26.4 Å². The second-order valence-corrected chi connectivity index (χ2v) is 5.67. The molecule has 25 heavy (non-hydrogen) atoms. The highest BCUT2D eigenvalue weighted by molar-refractivity contribution is 6.10. The van der Waals surface area contributed by atoms with E-state index in [0.29, 0.717) is 5.75 Å². The van der Waals surface area contributed by atoms with E-state index >= 15 is 0 Å². The molecule has 1 atom stereocenters. The zero-order valence-corrected chi connectivity index (χ0v) is 13.6. The number of aliphatic hydroxyl groups is 1. The van der Waals surface area contributed by atoms with E-state index in [4.69, 9.17) is 9.47 Å². The first kappa shape index (κ1) is 16.9. The minimum absolute atomic E-state index is 0.0349. The number of nitrogens with one attached hydrogen (secondary N) is 1. The largest absolute Gasteiger partial charge is 0.497 e. The van der Waals surface area contributed by atoms with Gasteiger partial charge in [0.25, 0.3) is 5.91 Å². The molecule has 130 valence electrons. The lowest BCUT2D eigenvalue weighted by atomic mass is 9.88. The number of hydrogen-bond acceptors (Lipinski definition) is 5. The number of rotatable bonds is 5. The van der Waals surface area contributed by atoms with E-state index in [-0.39, 0.29) is 22.6 Å². The van der Waals surface area contributed by atoms with Crippen molar-refractivity contribution < 1.29 is 28.6 Å². The Labute approximate surface area is 143 Å². The summed E-state index contributed by atoms with van der Waals surface area (Å²) in [6.07, 6.45) is -0.557. The summed E-state index contributed by atoms with van der Waals surface area (Å²) < 4.78 is 23.8. The Bertz CT molecular complexity index is 867. The van der Waals surface area contributed by atoms with E-state index in [1.54, 1.807) is 12.1 Å². The molecule has 0 saturated carbocycles. The molecule has 3 rings (SSSR count). The van der Waals surface area contributed by atoms with Crippen molar-refractivity contribution in [2.75, 3.05) is 19.5 Å². The number of fused-ring (bicyclic) bond motifs is 1. The lowest BCUT2D eigenvalue weighted by molar-refractivity contribution is -0.133. The average Bonchev–Trinajstić information content (AvgIpc) is 2.85. The van der Waals surface area contributed by atoms with Gasteiger partial charge in [-0.25, -0.2) is 4.39 Å². The van der Waals surface area contributed by atoms with Crippen molar-refractivity contribution in [3.05, 3.63) is 53.3 Å². The van der Waals surface area contributed by atoms with Gasteiger partial charge < -0.3 is 19.9 Å². The van der Waals surface area contributed by atoms with Crippen LogP contribution in [0.3, 0.4) is 0 Å². The molecule has 1 aliphatic rings. The normalized spacial score (nSPS) is 18.5. The van der Waals surface area contributed by atoms with Crippen molar-refractivity contribution in [2.45, 2.75) is 12.0 Å². The molecule has 0 aromatic heterocycles. The van der Waals surface area contributed by atoms with Crippen LogP contribution < -0.4 is 14.8 Å². The van der Waals surface area contributed by atoms with E-state index in [1.807, 2.05) is 0 Å². The molecule has 1 aliphatic heterocycles. The van der Waals surface area contributed by atoms with Crippen LogP contribution in [0, 0.1) is 5.82 Å². The van der Waals surface area contributed by atoms with Gasteiger partial charge in [-0.3, -0.25) is 9.59 Å². The van der Waals surface area contributed by atoms with E-state index in [0.717, 1.165) is 12.1 Å². The third-order valence-electron chi connectivity index (χ3n) is 4.17. The lowest BCUT2D eigenvalue weighted by Gasteiger charge is -2.20. The first-order chi connectivity index (χ1) is 11.9. The van der Waals surface area contributed by atoms with E-state index in [2.05, 4.69) is 5.32 Å². The quantitative estimate of drug-likeness (QED) is 0.812. The predicted molar refractivity (Wildman–Crippen MR) is 87.4 cm³/mol. The fourth-order valence-electron chi connectivity index (χ4n) is 2.85. The van der Waals surface area contributed by atoms with Crippen LogP contribution in [0.1, 0.15) is 22.3 Å². The maximum absolute atomic E-state index is 13.5. The van der Waals surface area contributed by atoms with Crippen molar-refractivity contribution in [1.29, 1.82) is 0 Å². The Morgan fingerprint density at radius 2 is 1.96 bits per heavy atom. The molecule has 1 amide bonds. The first-order valence-electron chi connectivity index (χ1n) is 7.48. The maximum Gasteiger partial charge on any atom is 0.261 e. The molecule has 1 heterocycles. The Kier molecular flexibility index (Phi) is 4.18. The zero-order chi connectivity index (χ0) is 18.2. The summed E-state index contributed by atoms with van der Waals surface area (Å²) in [5.74, 6) is -1.21. The van der Waals surface area contributed by atoms with Crippen LogP contribution in [0.5, 0.6) is 11.5 Å². The number of carbonyl (C=O) groups is 2. The number of halogens is 1. The SMILES string of the molecule is COc1ccc(OC)c(C(=O)C[C@]2(O)C(=O)Nc3ccc(F)cc32)c1. The number of Topliss-reactive ketones (excluding diaryl/α,β-unsaturated/α-hetero) is 1. The molecule has 0 bridgehead atoms. The second kappa shape index (κ2) is 6.18. The molecule has 0 saturated heterocycles. The summed E-state index contributed by atoms with van der Waals surface area (Å²) >= 11 is 0. The molecule has 0 fully saturated rings. The summed E-state index contributed by atoms with van der Waals surface area (Å²) in [5.41, 5.74) is -1.68. The van der Waals surface area contributed by atoms with Gasteiger partial charge in [-0.05, 0) is 36.4 Å². The molecule has 0 spiro atoms. The van der Waals surface area contributed by atoms with Crippen LogP contribution in [-0.2, 0) is 10.4 Å². The van der Waals surface area contributed by atoms with Crippen LogP contribution in [0.15, 0.2) is 36.4 Å². The van der Waals surface area contributed by atoms with E-state index < -0.39 is 29.5 Å². The van der Waals surface area contributed by atoms with Gasteiger partial charge in [0.05, 0.1) is 26.2 Å². The summed E-state index contributed by atoms with van der Waals surface area (Å²) in [7, 11) is 2.85. The Balaban J connectivity index is 1.99. The smallest absolute Gasteiger partial charge is 0.261 e. The summed E-state index contributed by atoms with van der Waals surface area (Å²) in [6, 6.07) is 8.19. The lowest BCUT2D eigenvalue weighted by Crippen LogP contribution is -2.36. The summed E-state index contributed by atoms with van der Waals surface area (Å²) in [4.78, 5) is 24.9. The van der Waals surface area contributed by atoms with Crippen LogP contribution in [0.2, 0.25) is 0 Å². The topological polar surface area (TPSA) is 84.9 Å². The number of methoxy groups -OCH3 is 2. The molecule has 7 heteroatoms. The second-order valence-electron chi connectivity index (χ2n) is 5.67. The van der Waals surface area contributed by atoms with Crippen molar-refractivity contribution in [2.24, 2.45) is 0 Å². The van der Waals surface area contributed by atoms with Crippen LogP contribution in [0.25, 0.3) is 0 Å². The standard InChI is InChI=1S/C18H16FNO5/c1-24-11-4-6-16(25-2)12(8-11)15(21)9-18(23)13-7-10(19)3-5-14(13)20-17(18)22/h3-8,23H,9H2,1-2H3,(H,20,22)/t18-/m1/s1. The van der Waals surface area contributed by atoms with E-state index in [9.17, 15) is 19.1 Å². The van der Waals surface area contributed by atoms with Gasteiger partial charge in [-0.2, -0.15) is 0 Å². The number of ether oxygens (including phenoxy) is 2. The highest BCUT2D eigenvalue weighted by atomic mass is 19.1. The van der Waals surface area contributed by atoms with Crippen LogP contribution in [0.4, 0.5) is 10.1 Å². The third kappa shape index (κ3) is 2.83. The molecule has 2 N–H and O–H groups in total. The van der Waals surface area contributed by atoms with Gasteiger partial charge in [-0.1, -0.05) is 0 Å². The van der Waals surface area contributed by atoms with Crippen LogP contribution >= 0.6 is 0 Å². The predicted octanol–water partition coefficient (Wildman–Crippen LogP) is 2.26. The summed E-state index contributed by atoms with van der Waals surface area (Å²) in [6.45, 7) is 0. The van der Waals surface area contributed by atoms with Crippen molar-refractivity contribution in [1.82, 2.24) is 0 Å². The average molecular weight is 345 g/mol. The Morgan fingerprint density at radius 3 is 2.64 bits per heavy atom. The van der Waals surface area contributed by atoms with Gasteiger partial charge in [-0.15, -0.1) is 0 Å². The number of ketones is 1. The molecular formula is C18H16FNO5. The van der Waals surface area contributed by atoms with Gasteiger partial charge in [0, 0.05) is 11.3 Å². The minimum Gasteiger partial charge on any atom is -0.497 e. The summed E-state index contributed by atoms with van der Waals surface area (Å²) in [5, 5.41) is 13.2. The number of hydrogen-bond donors (Lipinski definition) is 2. The zero-order valence-electron chi connectivity index (χ0n) is 13.6. The van der Waals surface area contributed by atoms with Gasteiger partial charge in [0.2, 0.25) is 0 Å². The monoisotopic (exact) mass is 345 g/mol. The Hall–Kier alpha value is -2.93. The van der Waals surface area contributed by atoms with Gasteiger partial charge in [0.1, 0.15) is 17.3 Å². The maximum atomic E-state index is 13.5. The molecule has 2 aromatic carbocycles. The third-order valence-corrected chi connectivity index (χ3v) is 4.17. The van der Waals surface area contributed by atoms with Crippen LogP contribution in [-0.4, -0.2) is 31.0 Å². The first-order valence-corrected chi connectivity index (χ1v) is 7.48. The number of benzene rings is 2.